The fourth-order valence-corrected chi connectivity index (χ4v) is 1.72. The molecule has 1 atom stereocenters. The molecule has 1 aromatic carbocycles. The number of benzene rings is 1. The third kappa shape index (κ3) is 3.91. The van der Waals surface area contributed by atoms with Crippen molar-refractivity contribution in [1.29, 1.82) is 0 Å². The van der Waals surface area contributed by atoms with Gasteiger partial charge >= 0.3 is 5.97 Å². The third-order valence-corrected chi connectivity index (χ3v) is 2.79. The molecule has 1 unspecified atom stereocenters. The Balaban J connectivity index is 3.01. The van der Waals surface area contributed by atoms with Crippen LogP contribution in [-0.2, 0) is 4.79 Å². The summed E-state index contributed by atoms with van der Waals surface area (Å²) in [7, 11) is 0. The van der Waals surface area contributed by atoms with Gasteiger partial charge in [0.25, 0.3) is 0 Å². The van der Waals surface area contributed by atoms with Crippen LogP contribution in [0.1, 0.15) is 37.0 Å². The van der Waals surface area contributed by atoms with Crippen molar-refractivity contribution in [3.63, 3.8) is 0 Å². The Morgan fingerprint density at radius 1 is 1.39 bits per heavy atom. The number of carboxylic acids is 1. The molecule has 0 heterocycles. The molecule has 1 rings (SSSR count). The van der Waals surface area contributed by atoms with E-state index in [1.807, 2.05) is 32.9 Å². The van der Waals surface area contributed by atoms with Gasteiger partial charge in [-0.15, -0.1) is 0 Å². The van der Waals surface area contributed by atoms with Crippen LogP contribution >= 0.6 is 0 Å². The van der Waals surface area contributed by atoms with E-state index in [-0.39, 0.29) is 6.10 Å². The Labute approximate surface area is 108 Å². The minimum atomic E-state index is -0.940. The van der Waals surface area contributed by atoms with Gasteiger partial charge in [-0.25, -0.2) is 4.79 Å². The second kappa shape index (κ2) is 6.24. The van der Waals surface area contributed by atoms with Gasteiger partial charge in [0.05, 0.1) is 6.10 Å². The van der Waals surface area contributed by atoms with E-state index in [2.05, 4.69) is 6.92 Å². The summed E-state index contributed by atoms with van der Waals surface area (Å²) in [5.41, 5.74) is 2.93. The molecule has 0 aliphatic heterocycles. The molecule has 0 saturated carbocycles. The van der Waals surface area contributed by atoms with Gasteiger partial charge in [0.1, 0.15) is 5.75 Å². The van der Waals surface area contributed by atoms with Gasteiger partial charge < -0.3 is 9.84 Å². The molecule has 0 amide bonds. The maximum absolute atomic E-state index is 10.5. The molecule has 0 aliphatic carbocycles. The summed E-state index contributed by atoms with van der Waals surface area (Å²) < 4.78 is 5.87. The maximum atomic E-state index is 10.5. The minimum absolute atomic E-state index is 0.183. The molecule has 18 heavy (non-hydrogen) atoms. The Morgan fingerprint density at radius 3 is 2.39 bits per heavy atom. The van der Waals surface area contributed by atoms with Crippen molar-refractivity contribution in [3.8, 4) is 5.75 Å². The molecular formula is C15H20O3. The minimum Gasteiger partial charge on any atom is -0.490 e. The second-order valence-electron chi connectivity index (χ2n) is 4.49. The quantitative estimate of drug-likeness (QED) is 0.810. The van der Waals surface area contributed by atoms with E-state index in [9.17, 15) is 4.79 Å². The first-order valence-electron chi connectivity index (χ1n) is 6.13. The largest absolute Gasteiger partial charge is 0.490 e. The molecule has 3 nitrogen and oxygen atoms in total. The van der Waals surface area contributed by atoms with Crippen molar-refractivity contribution in [2.24, 2.45) is 0 Å². The van der Waals surface area contributed by atoms with Gasteiger partial charge in [0.15, 0.2) is 0 Å². The summed E-state index contributed by atoms with van der Waals surface area (Å²) in [6.45, 7) is 8.07. The molecule has 1 aromatic rings. The molecule has 0 aliphatic rings. The molecule has 0 radical (unpaired) electrons. The predicted molar refractivity (Wildman–Crippen MR) is 73.0 cm³/mol. The van der Waals surface area contributed by atoms with E-state index in [4.69, 9.17) is 9.84 Å². The van der Waals surface area contributed by atoms with E-state index in [1.54, 1.807) is 6.08 Å². The fraction of sp³-hybridized carbons (Fsp3) is 0.400. The van der Waals surface area contributed by atoms with Crippen molar-refractivity contribution in [2.45, 2.75) is 40.2 Å². The van der Waals surface area contributed by atoms with Crippen molar-refractivity contribution in [1.82, 2.24) is 0 Å². The van der Waals surface area contributed by atoms with Crippen LogP contribution in [0.15, 0.2) is 18.2 Å². The van der Waals surface area contributed by atoms with E-state index < -0.39 is 5.97 Å². The normalized spacial score (nSPS) is 12.7. The maximum Gasteiger partial charge on any atom is 0.328 e. The number of aryl methyl sites for hydroxylation is 2. The highest BCUT2D eigenvalue weighted by molar-refractivity contribution is 5.85. The molecule has 0 aromatic heterocycles. The van der Waals surface area contributed by atoms with E-state index in [0.29, 0.717) is 0 Å². The standard InChI is InChI=1S/C15H20O3/c1-5-12(4)18-15-10(2)8-13(9-11(15)3)6-7-14(16)17/h6-9,12H,5H2,1-4H3,(H,16,17)/b7-6+. The number of ether oxygens (including phenoxy) is 1. The van der Waals surface area contributed by atoms with Crippen LogP contribution < -0.4 is 4.74 Å². The highest BCUT2D eigenvalue weighted by atomic mass is 16.5. The van der Waals surface area contributed by atoms with Crippen LogP contribution in [-0.4, -0.2) is 17.2 Å². The van der Waals surface area contributed by atoms with E-state index in [0.717, 1.165) is 34.9 Å². The first-order valence-corrected chi connectivity index (χ1v) is 6.13. The molecule has 0 fully saturated rings. The van der Waals surface area contributed by atoms with Crippen LogP contribution in [0.2, 0.25) is 0 Å². The Kier molecular flexibility index (Phi) is 4.95. The Bertz CT molecular complexity index is 438. The molecule has 98 valence electrons. The zero-order valence-electron chi connectivity index (χ0n) is 11.4. The highest BCUT2D eigenvalue weighted by Crippen LogP contribution is 2.26. The predicted octanol–water partition coefficient (Wildman–Crippen LogP) is 3.58. The van der Waals surface area contributed by atoms with Crippen LogP contribution in [0, 0.1) is 13.8 Å². The number of aliphatic carboxylic acids is 1. The summed E-state index contributed by atoms with van der Waals surface area (Å²) in [6.07, 6.45) is 3.88. The van der Waals surface area contributed by atoms with Crippen molar-refractivity contribution < 1.29 is 14.6 Å². The lowest BCUT2D eigenvalue weighted by Gasteiger charge is -2.17. The Morgan fingerprint density at radius 2 is 1.94 bits per heavy atom. The molecule has 3 heteroatoms. The Hall–Kier alpha value is -1.77. The zero-order chi connectivity index (χ0) is 13.7. The van der Waals surface area contributed by atoms with Crippen LogP contribution in [0.4, 0.5) is 0 Å². The number of rotatable bonds is 5. The zero-order valence-corrected chi connectivity index (χ0v) is 11.4. The lowest BCUT2D eigenvalue weighted by Crippen LogP contribution is -2.11. The summed E-state index contributed by atoms with van der Waals surface area (Å²) in [4.78, 5) is 10.5. The first kappa shape index (κ1) is 14.3. The number of hydrogen-bond donors (Lipinski definition) is 1. The van der Waals surface area contributed by atoms with Gasteiger partial charge in [-0.05, 0) is 62.1 Å². The highest BCUT2D eigenvalue weighted by Gasteiger charge is 2.08. The number of hydrogen-bond acceptors (Lipinski definition) is 2. The van der Waals surface area contributed by atoms with Crippen LogP contribution in [0.5, 0.6) is 5.75 Å². The van der Waals surface area contributed by atoms with E-state index in [1.165, 1.54) is 0 Å². The number of carboxylic acid groups (broad SMARTS) is 1. The number of carbonyl (C=O) groups is 1. The first-order chi connectivity index (χ1) is 8.43. The van der Waals surface area contributed by atoms with Crippen molar-refractivity contribution >= 4 is 12.0 Å². The monoisotopic (exact) mass is 248 g/mol. The van der Waals surface area contributed by atoms with Gasteiger partial charge in [0.2, 0.25) is 0 Å². The molecular weight excluding hydrogens is 228 g/mol. The van der Waals surface area contributed by atoms with E-state index >= 15 is 0 Å². The lowest BCUT2D eigenvalue weighted by molar-refractivity contribution is -0.131. The van der Waals surface area contributed by atoms with Gasteiger partial charge in [-0.2, -0.15) is 0 Å². The van der Waals surface area contributed by atoms with Crippen molar-refractivity contribution in [3.05, 3.63) is 34.9 Å². The summed E-state index contributed by atoms with van der Waals surface area (Å²) >= 11 is 0. The topological polar surface area (TPSA) is 46.5 Å². The molecule has 0 spiro atoms. The van der Waals surface area contributed by atoms with Crippen LogP contribution in [0.3, 0.4) is 0 Å². The smallest absolute Gasteiger partial charge is 0.328 e. The summed E-state index contributed by atoms with van der Waals surface area (Å²) in [5.74, 6) is -0.0398. The SMILES string of the molecule is CCC(C)Oc1c(C)cc(/C=C/C(=O)O)cc1C. The molecule has 0 saturated heterocycles. The summed E-state index contributed by atoms with van der Waals surface area (Å²) in [5, 5.41) is 8.61. The average molecular weight is 248 g/mol. The lowest BCUT2D eigenvalue weighted by atomic mass is 10.0. The van der Waals surface area contributed by atoms with Gasteiger partial charge in [-0.3, -0.25) is 0 Å². The molecule has 1 N–H and O–H groups in total. The average Bonchev–Trinajstić information content (AvgIpc) is 2.30. The summed E-state index contributed by atoms with van der Waals surface area (Å²) in [6, 6.07) is 3.87. The fourth-order valence-electron chi connectivity index (χ4n) is 1.72. The third-order valence-electron chi connectivity index (χ3n) is 2.79. The van der Waals surface area contributed by atoms with Gasteiger partial charge in [-0.1, -0.05) is 6.92 Å². The van der Waals surface area contributed by atoms with Crippen molar-refractivity contribution in [2.75, 3.05) is 0 Å². The molecule has 0 bridgehead atoms. The second-order valence-corrected chi connectivity index (χ2v) is 4.49. The van der Waals surface area contributed by atoms with Gasteiger partial charge in [0, 0.05) is 6.08 Å². The van der Waals surface area contributed by atoms with Crippen LogP contribution in [0.25, 0.3) is 6.08 Å².